The summed E-state index contributed by atoms with van der Waals surface area (Å²) in [7, 11) is 1.62. The normalized spacial score (nSPS) is 13.5. The van der Waals surface area contributed by atoms with Gasteiger partial charge < -0.3 is 14.4 Å². The molecule has 0 aliphatic rings. The molecule has 108 valence electrons. The molecule has 1 unspecified atom stereocenters. The minimum atomic E-state index is -0.828. The summed E-state index contributed by atoms with van der Waals surface area (Å²) in [6.45, 7) is 5.79. The van der Waals surface area contributed by atoms with Crippen molar-refractivity contribution in [2.75, 3.05) is 7.11 Å². The van der Waals surface area contributed by atoms with E-state index in [1.165, 1.54) is 0 Å². The fourth-order valence-corrected chi connectivity index (χ4v) is 1.97. The zero-order valence-corrected chi connectivity index (χ0v) is 12.0. The van der Waals surface area contributed by atoms with Crippen molar-refractivity contribution in [3.8, 4) is 0 Å². The fourth-order valence-electron chi connectivity index (χ4n) is 1.97. The lowest BCUT2D eigenvalue weighted by molar-refractivity contribution is -0.139. The quantitative estimate of drug-likeness (QED) is 0.781. The molecule has 0 aromatic carbocycles. The van der Waals surface area contributed by atoms with Crippen molar-refractivity contribution in [2.45, 2.75) is 52.6 Å². The molecule has 1 atom stereocenters. The Morgan fingerprint density at radius 2 is 2.21 bits per heavy atom. The molecule has 19 heavy (non-hydrogen) atoms. The van der Waals surface area contributed by atoms with Crippen molar-refractivity contribution in [2.24, 2.45) is 5.41 Å². The number of carboxylic acids is 1. The lowest BCUT2D eigenvalue weighted by atomic mass is 9.86. The highest BCUT2D eigenvalue weighted by atomic mass is 16.5. The predicted molar refractivity (Wildman–Crippen MR) is 68.7 cm³/mol. The summed E-state index contributed by atoms with van der Waals surface area (Å²) in [5.74, 6) is 0.162. The van der Waals surface area contributed by atoms with Gasteiger partial charge in [0.15, 0.2) is 0 Å². The molecule has 0 spiro atoms. The van der Waals surface area contributed by atoms with Crippen LogP contribution in [0.1, 0.15) is 57.9 Å². The highest BCUT2D eigenvalue weighted by molar-refractivity contribution is 5.67. The Kier molecular flexibility index (Phi) is 5.47. The second-order valence-electron chi connectivity index (χ2n) is 5.47. The summed E-state index contributed by atoms with van der Waals surface area (Å²) in [6, 6.07) is 0. The molecule has 1 N–H and O–H groups in total. The molecule has 0 radical (unpaired) electrons. The highest BCUT2D eigenvalue weighted by Crippen LogP contribution is 2.26. The van der Waals surface area contributed by atoms with Gasteiger partial charge in [0.2, 0.25) is 11.7 Å². The third-order valence-corrected chi connectivity index (χ3v) is 2.87. The van der Waals surface area contributed by atoms with Gasteiger partial charge in [-0.15, -0.1) is 0 Å². The number of hydrogen-bond donors (Lipinski definition) is 1. The van der Waals surface area contributed by atoms with Crippen LogP contribution in [0.2, 0.25) is 0 Å². The van der Waals surface area contributed by atoms with Gasteiger partial charge in [0.25, 0.3) is 0 Å². The van der Waals surface area contributed by atoms with E-state index in [2.05, 4.69) is 17.1 Å². The third-order valence-electron chi connectivity index (χ3n) is 2.87. The van der Waals surface area contributed by atoms with Crippen LogP contribution in [-0.2, 0) is 16.0 Å². The maximum absolute atomic E-state index is 10.8. The largest absolute Gasteiger partial charge is 0.481 e. The molecule has 6 heteroatoms. The molecule has 0 aliphatic carbocycles. The first-order valence-electron chi connectivity index (χ1n) is 6.45. The average Bonchev–Trinajstić information content (AvgIpc) is 2.71. The van der Waals surface area contributed by atoms with Crippen molar-refractivity contribution in [3.63, 3.8) is 0 Å². The number of methoxy groups -OCH3 is 1. The van der Waals surface area contributed by atoms with Crippen LogP contribution in [0.25, 0.3) is 0 Å². The Labute approximate surface area is 113 Å². The van der Waals surface area contributed by atoms with Gasteiger partial charge in [-0.3, -0.25) is 4.79 Å². The molecule has 0 amide bonds. The summed E-state index contributed by atoms with van der Waals surface area (Å²) < 4.78 is 10.5. The molecular formula is C13H22N2O4. The average molecular weight is 270 g/mol. The van der Waals surface area contributed by atoms with Gasteiger partial charge in [-0.1, -0.05) is 32.3 Å². The van der Waals surface area contributed by atoms with Crippen LogP contribution in [0, 0.1) is 5.41 Å². The maximum atomic E-state index is 10.8. The van der Waals surface area contributed by atoms with Crippen molar-refractivity contribution < 1.29 is 19.2 Å². The fraction of sp³-hybridized carbons (Fsp3) is 0.769. The molecule has 0 bridgehead atoms. The summed E-state index contributed by atoms with van der Waals surface area (Å²) in [5, 5.41) is 12.8. The first kappa shape index (κ1) is 15.6. The first-order chi connectivity index (χ1) is 8.88. The van der Waals surface area contributed by atoms with E-state index in [1.807, 2.05) is 13.8 Å². The van der Waals surface area contributed by atoms with Gasteiger partial charge in [0, 0.05) is 13.5 Å². The highest BCUT2D eigenvalue weighted by Gasteiger charge is 2.26. The Hall–Kier alpha value is -1.43. The van der Waals surface area contributed by atoms with Crippen molar-refractivity contribution >= 4 is 5.97 Å². The Morgan fingerprint density at radius 1 is 1.53 bits per heavy atom. The van der Waals surface area contributed by atoms with E-state index in [0.29, 0.717) is 18.1 Å². The first-order valence-corrected chi connectivity index (χ1v) is 6.45. The molecule has 0 aliphatic heterocycles. The number of aromatic nitrogens is 2. The number of carbonyl (C=O) groups is 1. The van der Waals surface area contributed by atoms with Crippen molar-refractivity contribution in [1.82, 2.24) is 10.1 Å². The summed E-state index contributed by atoms with van der Waals surface area (Å²) in [4.78, 5) is 15.1. The second-order valence-corrected chi connectivity index (χ2v) is 5.47. The topological polar surface area (TPSA) is 85.5 Å². The predicted octanol–water partition coefficient (Wildman–Crippen LogP) is 2.60. The lowest BCUT2D eigenvalue weighted by Gasteiger charge is -2.19. The number of ether oxygens (including phenoxy) is 1. The molecule has 0 saturated heterocycles. The number of aliphatic carboxylic acids is 1. The lowest BCUT2D eigenvalue weighted by Crippen LogP contribution is -2.19. The van der Waals surface area contributed by atoms with Crippen molar-refractivity contribution in [1.29, 1.82) is 0 Å². The number of hydrogen-bond acceptors (Lipinski definition) is 5. The second kappa shape index (κ2) is 6.65. The Balaban J connectivity index is 2.71. The van der Waals surface area contributed by atoms with E-state index in [-0.39, 0.29) is 12.5 Å². The molecule has 1 aromatic heterocycles. The SMILES string of the molecule is CCCC(OC)c1noc(CC(C)(C)CC(=O)O)n1. The van der Waals surface area contributed by atoms with Crippen LogP contribution in [0.5, 0.6) is 0 Å². The van der Waals surface area contributed by atoms with Crippen LogP contribution < -0.4 is 0 Å². The molecule has 1 aromatic rings. The maximum Gasteiger partial charge on any atom is 0.303 e. The van der Waals surface area contributed by atoms with Gasteiger partial charge in [-0.2, -0.15) is 4.98 Å². The molecule has 1 rings (SSSR count). The van der Waals surface area contributed by atoms with E-state index >= 15 is 0 Å². The zero-order chi connectivity index (χ0) is 14.5. The molecule has 6 nitrogen and oxygen atoms in total. The third kappa shape index (κ3) is 4.98. The summed E-state index contributed by atoms with van der Waals surface area (Å²) in [5.41, 5.74) is -0.414. The van der Waals surface area contributed by atoms with Crippen LogP contribution in [-0.4, -0.2) is 28.3 Å². The van der Waals surface area contributed by atoms with Gasteiger partial charge in [0.1, 0.15) is 6.10 Å². The van der Waals surface area contributed by atoms with Gasteiger partial charge in [-0.05, 0) is 11.8 Å². The van der Waals surface area contributed by atoms with Crippen LogP contribution >= 0.6 is 0 Å². The minimum absolute atomic E-state index is 0.0629. The zero-order valence-electron chi connectivity index (χ0n) is 12.0. The van der Waals surface area contributed by atoms with Gasteiger partial charge in [0.05, 0.1) is 6.42 Å². The van der Waals surface area contributed by atoms with E-state index < -0.39 is 11.4 Å². The molecule has 1 heterocycles. The van der Waals surface area contributed by atoms with Gasteiger partial charge >= 0.3 is 5.97 Å². The number of rotatable bonds is 8. The monoisotopic (exact) mass is 270 g/mol. The Morgan fingerprint density at radius 3 is 2.74 bits per heavy atom. The van der Waals surface area contributed by atoms with E-state index in [0.717, 1.165) is 12.8 Å². The van der Waals surface area contributed by atoms with Crippen molar-refractivity contribution in [3.05, 3.63) is 11.7 Å². The molecular weight excluding hydrogens is 248 g/mol. The standard InChI is InChI=1S/C13H22N2O4/c1-5-6-9(18-4)12-14-10(19-15-12)7-13(2,3)8-11(16)17/h9H,5-8H2,1-4H3,(H,16,17). The van der Waals surface area contributed by atoms with Gasteiger partial charge in [-0.25, -0.2) is 0 Å². The van der Waals surface area contributed by atoms with Crippen LogP contribution in [0.4, 0.5) is 0 Å². The minimum Gasteiger partial charge on any atom is -0.481 e. The van der Waals surface area contributed by atoms with Crippen LogP contribution in [0.3, 0.4) is 0 Å². The smallest absolute Gasteiger partial charge is 0.303 e. The number of nitrogens with zero attached hydrogens (tertiary/aromatic N) is 2. The van der Waals surface area contributed by atoms with E-state index in [9.17, 15) is 4.79 Å². The summed E-state index contributed by atoms with van der Waals surface area (Å²) in [6.07, 6.45) is 2.13. The number of carboxylic acid groups (broad SMARTS) is 1. The van der Waals surface area contributed by atoms with Crippen LogP contribution in [0.15, 0.2) is 4.52 Å². The summed E-state index contributed by atoms with van der Waals surface area (Å²) >= 11 is 0. The van der Waals surface area contributed by atoms with E-state index in [1.54, 1.807) is 7.11 Å². The molecule has 0 saturated carbocycles. The van der Waals surface area contributed by atoms with E-state index in [4.69, 9.17) is 14.4 Å². The molecule has 0 fully saturated rings. The Bertz CT molecular complexity index is 415.